The number of pyridine rings is 1. The largest absolute Gasteiger partial charge is 0.378 e. The van der Waals surface area contributed by atoms with Crippen LogP contribution in [0.5, 0.6) is 0 Å². The van der Waals surface area contributed by atoms with Crippen molar-refractivity contribution in [3.8, 4) is 6.07 Å². The predicted octanol–water partition coefficient (Wildman–Crippen LogP) is 3.64. The fourth-order valence-electron chi connectivity index (χ4n) is 1.55. The number of aromatic nitrogens is 1. The van der Waals surface area contributed by atoms with Gasteiger partial charge in [0.1, 0.15) is 6.07 Å². The van der Waals surface area contributed by atoms with Gasteiger partial charge in [0, 0.05) is 10.7 Å². The molecule has 2 aromatic rings. The Bertz CT molecular complexity index is 585. The van der Waals surface area contributed by atoms with Crippen LogP contribution in [-0.2, 0) is 6.54 Å². The van der Waals surface area contributed by atoms with Gasteiger partial charge in [0.15, 0.2) is 0 Å². The maximum Gasteiger partial charge on any atom is 0.101 e. The third-order valence-electron chi connectivity index (χ3n) is 2.53. The number of rotatable bonds is 3. The number of hydrogen-bond acceptors (Lipinski definition) is 3. The first kappa shape index (κ1) is 12.6. The lowest BCUT2D eigenvalue weighted by Crippen LogP contribution is -2.03. The normalized spacial score (nSPS) is 9.83. The van der Waals surface area contributed by atoms with Gasteiger partial charge in [-0.15, -0.1) is 0 Å². The second kappa shape index (κ2) is 5.65. The molecule has 0 fully saturated rings. The molecule has 90 valence electrons. The molecule has 0 bridgehead atoms. The van der Waals surface area contributed by atoms with E-state index in [1.54, 1.807) is 6.07 Å². The summed E-state index contributed by atoms with van der Waals surface area (Å²) in [6.45, 7) is 2.61. The Hall–Kier alpha value is -1.86. The first-order valence-electron chi connectivity index (χ1n) is 5.54. The van der Waals surface area contributed by atoms with E-state index in [0.29, 0.717) is 12.1 Å². The van der Waals surface area contributed by atoms with Crippen LogP contribution in [0.4, 0.5) is 5.69 Å². The average molecular weight is 302 g/mol. The summed E-state index contributed by atoms with van der Waals surface area (Å²) < 4.78 is 0.945. The Balaban J connectivity index is 2.13. The van der Waals surface area contributed by atoms with Gasteiger partial charge in [0.2, 0.25) is 0 Å². The minimum absolute atomic E-state index is 0.603. The summed E-state index contributed by atoms with van der Waals surface area (Å²) in [5, 5.41) is 12.2. The van der Waals surface area contributed by atoms with Crippen molar-refractivity contribution in [3.05, 3.63) is 57.8 Å². The fraction of sp³-hybridized carbons (Fsp3) is 0.143. The average Bonchev–Trinajstić information content (AvgIpc) is 2.38. The smallest absolute Gasteiger partial charge is 0.101 e. The van der Waals surface area contributed by atoms with Crippen LogP contribution in [-0.4, -0.2) is 4.98 Å². The Kier molecular flexibility index (Phi) is 3.96. The Morgan fingerprint density at radius 3 is 2.83 bits per heavy atom. The molecule has 0 radical (unpaired) electrons. The minimum atomic E-state index is 0.603. The molecule has 0 saturated heterocycles. The topological polar surface area (TPSA) is 48.7 Å². The van der Waals surface area contributed by atoms with Crippen LogP contribution in [0.1, 0.15) is 16.8 Å². The third kappa shape index (κ3) is 3.08. The molecular weight excluding hydrogens is 290 g/mol. The van der Waals surface area contributed by atoms with Crippen molar-refractivity contribution in [1.29, 1.82) is 5.26 Å². The van der Waals surface area contributed by atoms with Crippen molar-refractivity contribution in [2.45, 2.75) is 13.5 Å². The molecule has 1 aromatic heterocycles. The number of aryl methyl sites for hydroxylation is 1. The van der Waals surface area contributed by atoms with E-state index < -0.39 is 0 Å². The number of halogens is 1. The SMILES string of the molecule is Cc1ccc(CNc2cc(Br)ccc2C#N)nc1. The maximum absolute atomic E-state index is 9.02. The van der Waals surface area contributed by atoms with Crippen LogP contribution in [0.15, 0.2) is 41.0 Å². The zero-order valence-corrected chi connectivity index (χ0v) is 11.5. The van der Waals surface area contributed by atoms with E-state index in [0.717, 1.165) is 21.4 Å². The second-order valence-electron chi connectivity index (χ2n) is 3.98. The van der Waals surface area contributed by atoms with Crippen LogP contribution in [0, 0.1) is 18.3 Å². The molecule has 0 saturated carbocycles. The number of nitrogens with zero attached hydrogens (tertiary/aromatic N) is 2. The molecule has 0 spiro atoms. The molecule has 1 aromatic carbocycles. The van der Waals surface area contributed by atoms with Crippen LogP contribution in [0.3, 0.4) is 0 Å². The molecule has 0 aliphatic heterocycles. The molecular formula is C14H12BrN3. The van der Waals surface area contributed by atoms with Crippen molar-refractivity contribution in [1.82, 2.24) is 4.98 Å². The highest BCUT2D eigenvalue weighted by Crippen LogP contribution is 2.21. The highest BCUT2D eigenvalue weighted by Gasteiger charge is 2.02. The predicted molar refractivity (Wildman–Crippen MR) is 75.2 cm³/mol. The molecule has 2 rings (SSSR count). The lowest BCUT2D eigenvalue weighted by molar-refractivity contribution is 1.03. The van der Waals surface area contributed by atoms with Gasteiger partial charge in [-0.3, -0.25) is 4.98 Å². The standard InChI is InChI=1S/C14H12BrN3/c1-10-2-5-13(17-8-10)9-18-14-6-12(15)4-3-11(14)7-16/h2-6,8,18H,9H2,1H3. The summed E-state index contributed by atoms with van der Waals surface area (Å²) in [5.74, 6) is 0. The molecule has 4 heteroatoms. The molecule has 18 heavy (non-hydrogen) atoms. The fourth-order valence-corrected chi connectivity index (χ4v) is 1.91. The minimum Gasteiger partial charge on any atom is -0.378 e. The lowest BCUT2D eigenvalue weighted by Gasteiger charge is -2.08. The van der Waals surface area contributed by atoms with E-state index in [4.69, 9.17) is 5.26 Å². The van der Waals surface area contributed by atoms with E-state index in [2.05, 4.69) is 32.3 Å². The van der Waals surface area contributed by atoms with Crippen molar-refractivity contribution in [2.75, 3.05) is 5.32 Å². The van der Waals surface area contributed by atoms with Gasteiger partial charge in [0.25, 0.3) is 0 Å². The van der Waals surface area contributed by atoms with Gasteiger partial charge in [-0.25, -0.2) is 0 Å². The van der Waals surface area contributed by atoms with Crippen LogP contribution in [0.2, 0.25) is 0 Å². The van der Waals surface area contributed by atoms with E-state index in [1.807, 2.05) is 37.4 Å². The molecule has 0 aliphatic carbocycles. The van der Waals surface area contributed by atoms with E-state index in [1.165, 1.54) is 0 Å². The van der Waals surface area contributed by atoms with Gasteiger partial charge in [-0.1, -0.05) is 22.0 Å². The summed E-state index contributed by atoms with van der Waals surface area (Å²) in [4.78, 5) is 4.31. The molecule has 1 heterocycles. The Morgan fingerprint density at radius 2 is 2.17 bits per heavy atom. The third-order valence-corrected chi connectivity index (χ3v) is 3.03. The number of anilines is 1. The molecule has 0 atom stereocenters. The van der Waals surface area contributed by atoms with Gasteiger partial charge in [-0.05, 0) is 36.8 Å². The van der Waals surface area contributed by atoms with Crippen molar-refractivity contribution < 1.29 is 0 Å². The summed E-state index contributed by atoms with van der Waals surface area (Å²) in [6, 6.07) is 11.7. The lowest BCUT2D eigenvalue weighted by atomic mass is 10.2. The molecule has 0 unspecified atom stereocenters. The summed E-state index contributed by atoms with van der Waals surface area (Å²) in [5.41, 5.74) is 3.53. The van der Waals surface area contributed by atoms with E-state index in [-0.39, 0.29) is 0 Å². The molecule has 0 amide bonds. The number of hydrogen-bond donors (Lipinski definition) is 1. The maximum atomic E-state index is 9.02. The Labute approximate surface area is 115 Å². The van der Waals surface area contributed by atoms with Gasteiger partial charge >= 0.3 is 0 Å². The van der Waals surface area contributed by atoms with Crippen LogP contribution < -0.4 is 5.32 Å². The van der Waals surface area contributed by atoms with Crippen LogP contribution in [0.25, 0.3) is 0 Å². The zero-order valence-electron chi connectivity index (χ0n) is 9.94. The highest BCUT2D eigenvalue weighted by molar-refractivity contribution is 9.10. The van der Waals surface area contributed by atoms with E-state index in [9.17, 15) is 0 Å². The monoisotopic (exact) mass is 301 g/mol. The molecule has 1 N–H and O–H groups in total. The number of nitriles is 1. The first-order chi connectivity index (χ1) is 8.69. The van der Waals surface area contributed by atoms with Crippen molar-refractivity contribution >= 4 is 21.6 Å². The zero-order chi connectivity index (χ0) is 13.0. The van der Waals surface area contributed by atoms with Crippen LogP contribution >= 0.6 is 15.9 Å². The number of benzene rings is 1. The summed E-state index contributed by atoms with van der Waals surface area (Å²) >= 11 is 3.40. The quantitative estimate of drug-likeness (QED) is 0.941. The summed E-state index contributed by atoms with van der Waals surface area (Å²) in [7, 11) is 0. The summed E-state index contributed by atoms with van der Waals surface area (Å²) in [6.07, 6.45) is 1.84. The highest BCUT2D eigenvalue weighted by atomic mass is 79.9. The second-order valence-corrected chi connectivity index (χ2v) is 4.90. The van der Waals surface area contributed by atoms with Gasteiger partial charge in [0.05, 0.1) is 23.5 Å². The van der Waals surface area contributed by atoms with Gasteiger partial charge < -0.3 is 5.32 Å². The Morgan fingerprint density at radius 1 is 1.33 bits per heavy atom. The first-order valence-corrected chi connectivity index (χ1v) is 6.33. The van der Waals surface area contributed by atoms with Crippen molar-refractivity contribution in [2.24, 2.45) is 0 Å². The number of nitrogens with one attached hydrogen (secondary N) is 1. The molecule has 3 nitrogen and oxygen atoms in total. The van der Waals surface area contributed by atoms with Crippen molar-refractivity contribution in [3.63, 3.8) is 0 Å². The molecule has 0 aliphatic rings. The van der Waals surface area contributed by atoms with Gasteiger partial charge in [-0.2, -0.15) is 5.26 Å². The van der Waals surface area contributed by atoms with E-state index >= 15 is 0 Å².